The average molecular weight is 431 g/mol. The second kappa shape index (κ2) is 8.30. The molecule has 0 N–H and O–H groups in total. The molecule has 2 amide bonds. The summed E-state index contributed by atoms with van der Waals surface area (Å²) in [6.45, 7) is 14.1. The summed E-state index contributed by atoms with van der Waals surface area (Å²) in [7, 11) is 0. The highest BCUT2D eigenvalue weighted by Gasteiger charge is 2.35. The summed E-state index contributed by atoms with van der Waals surface area (Å²) in [5, 5.41) is 0.505. The van der Waals surface area contributed by atoms with E-state index in [1.54, 1.807) is 59.9 Å². The maximum absolute atomic E-state index is 13.0. The van der Waals surface area contributed by atoms with E-state index in [0.29, 0.717) is 11.0 Å². The summed E-state index contributed by atoms with van der Waals surface area (Å²) < 4.78 is 18.8. The molecule has 9 nitrogen and oxygen atoms in total. The minimum absolute atomic E-state index is 0.0243. The molecule has 0 aromatic carbocycles. The van der Waals surface area contributed by atoms with Crippen molar-refractivity contribution >= 4 is 29.0 Å². The minimum Gasteiger partial charge on any atom is -0.443 e. The van der Waals surface area contributed by atoms with Gasteiger partial charge in [-0.05, 0) is 60.5 Å². The van der Waals surface area contributed by atoms with Crippen LogP contribution in [0.4, 0.5) is 15.4 Å². The number of amides is 2. The van der Waals surface area contributed by atoms with Crippen molar-refractivity contribution < 1.29 is 23.8 Å². The summed E-state index contributed by atoms with van der Waals surface area (Å²) in [5.41, 5.74) is -1.09. The average Bonchev–Trinajstić information content (AvgIpc) is 3.25. The molecule has 1 fully saturated rings. The highest BCUT2D eigenvalue weighted by molar-refractivity contribution is 6.13. The monoisotopic (exact) mass is 430 g/mol. The third-order valence-electron chi connectivity index (χ3n) is 4.46. The van der Waals surface area contributed by atoms with Gasteiger partial charge in [-0.25, -0.2) is 19.6 Å². The maximum atomic E-state index is 13.0. The van der Waals surface area contributed by atoms with E-state index in [4.69, 9.17) is 14.2 Å². The molecule has 1 aliphatic rings. The molecule has 1 saturated heterocycles. The highest BCUT2D eigenvalue weighted by atomic mass is 16.6. The Morgan fingerprint density at radius 1 is 1.13 bits per heavy atom. The number of hydrogen-bond acceptors (Lipinski definition) is 7. The predicted octanol–water partition coefficient (Wildman–Crippen LogP) is 4.97. The van der Waals surface area contributed by atoms with Gasteiger partial charge in [-0.2, -0.15) is 4.90 Å². The lowest BCUT2D eigenvalue weighted by Crippen LogP contribution is -2.44. The molecule has 0 spiro atoms. The van der Waals surface area contributed by atoms with Gasteiger partial charge in [0.2, 0.25) is 0 Å². The fraction of sp³-hybridized carbons (Fsp3) is 0.545. The number of imide groups is 1. The van der Waals surface area contributed by atoms with E-state index in [-0.39, 0.29) is 18.1 Å². The Labute approximate surface area is 182 Å². The van der Waals surface area contributed by atoms with E-state index in [2.05, 4.69) is 16.5 Å². The van der Waals surface area contributed by atoms with Crippen molar-refractivity contribution in [1.82, 2.24) is 14.5 Å². The number of carbonyl (C=O) groups is 2. The number of anilines is 1. The van der Waals surface area contributed by atoms with Gasteiger partial charge in [-0.3, -0.25) is 0 Å². The lowest BCUT2D eigenvalue weighted by Gasteiger charge is -2.28. The molecular formula is C22H30N4O5. The Hall–Kier alpha value is -2.94. The van der Waals surface area contributed by atoms with Gasteiger partial charge in [0.05, 0.1) is 11.5 Å². The van der Waals surface area contributed by atoms with Crippen molar-refractivity contribution in [2.75, 3.05) is 4.90 Å². The minimum atomic E-state index is -0.877. The van der Waals surface area contributed by atoms with Crippen LogP contribution in [-0.4, -0.2) is 44.0 Å². The molecule has 0 aliphatic carbocycles. The Bertz CT molecular complexity index is 958. The van der Waals surface area contributed by atoms with Crippen molar-refractivity contribution in [3.05, 3.63) is 31.2 Å². The van der Waals surface area contributed by atoms with Crippen LogP contribution in [0.5, 0.6) is 0 Å². The largest absolute Gasteiger partial charge is 0.443 e. The predicted molar refractivity (Wildman–Crippen MR) is 116 cm³/mol. The fourth-order valence-electron chi connectivity index (χ4n) is 3.25. The molecule has 0 bridgehead atoms. The van der Waals surface area contributed by atoms with E-state index in [1.807, 2.05) is 4.57 Å². The number of aromatic nitrogens is 3. The molecule has 2 atom stereocenters. The molecular weight excluding hydrogens is 400 g/mol. The van der Waals surface area contributed by atoms with Crippen molar-refractivity contribution in [2.24, 2.45) is 0 Å². The summed E-state index contributed by atoms with van der Waals surface area (Å²) in [6.07, 6.45) is 4.53. The van der Waals surface area contributed by atoms with Gasteiger partial charge in [0.1, 0.15) is 29.4 Å². The number of fused-ring (bicyclic) bond motifs is 1. The molecule has 168 valence electrons. The molecule has 31 heavy (non-hydrogen) atoms. The smallest absolute Gasteiger partial charge is 0.425 e. The highest BCUT2D eigenvalue weighted by Crippen LogP contribution is 2.34. The fourth-order valence-corrected chi connectivity index (χ4v) is 3.25. The number of nitrogens with zero attached hydrogens (tertiary/aromatic N) is 4. The van der Waals surface area contributed by atoms with Gasteiger partial charge in [0.15, 0.2) is 5.82 Å². The molecule has 3 heterocycles. The van der Waals surface area contributed by atoms with Crippen LogP contribution in [0.3, 0.4) is 0 Å². The third-order valence-corrected chi connectivity index (χ3v) is 4.46. The van der Waals surface area contributed by atoms with Crippen LogP contribution in [0, 0.1) is 0 Å². The topological polar surface area (TPSA) is 95.8 Å². The van der Waals surface area contributed by atoms with E-state index in [1.165, 1.54) is 6.33 Å². The molecule has 9 heteroatoms. The van der Waals surface area contributed by atoms with E-state index in [9.17, 15) is 9.59 Å². The van der Waals surface area contributed by atoms with Crippen LogP contribution in [0.1, 0.15) is 60.6 Å². The van der Waals surface area contributed by atoms with Crippen LogP contribution in [0.25, 0.3) is 11.0 Å². The van der Waals surface area contributed by atoms with Gasteiger partial charge in [-0.15, -0.1) is 6.58 Å². The molecule has 2 aromatic rings. The first kappa shape index (κ1) is 22.7. The Kier molecular flexibility index (Phi) is 6.09. The van der Waals surface area contributed by atoms with Gasteiger partial charge in [0, 0.05) is 6.20 Å². The molecule has 2 aromatic heterocycles. The second-order valence-electron chi connectivity index (χ2n) is 9.40. The second-order valence-corrected chi connectivity index (χ2v) is 9.40. The molecule has 3 rings (SSSR count). The molecule has 1 aliphatic heterocycles. The quantitative estimate of drug-likeness (QED) is 0.634. The zero-order valence-electron chi connectivity index (χ0n) is 18.9. The standard InChI is InChI=1S/C22H30N4O5/c1-8-14-9-10-16(29-14)25-12-11-15-17(25)23-13-24-18(15)26(19(27)30-21(2,3)4)20(28)31-22(5,6)7/h8,11-14,16H,1,9-10H2,2-7H3/t14-,16-/m1/s1. The zero-order chi connectivity index (χ0) is 23.0. The Balaban J connectivity index is 2.04. The first-order valence-corrected chi connectivity index (χ1v) is 10.3. The molecule has 0 radical (unpaired) electrons. The van der Waals surface area contributed by atoms with Gasteiger partial charge in [-0.1, -0.05) is 6.08 Å². The first-order chi connectivity index (χ1) is 14.4. The Morgan fingerprint density at radius 2 is 1.74 bits per heavy atom. The SMILES string of the molecule is C=C[C@@H]1CC[C@H](n2ccc3c(N(C(=O)OC(C)(C)C)C(=O)OC(C)(C)C)ncnc32)O1. The van der Waals surface area contributed by atoms with E-state index >= 15 is 0 Å². The van der Waals surface area contributed by atoms with Crippen molar-refractivity contribution in [2.45, 2.75) is 77.9 Å². The lowest BCUT2D eigenvalue weighted by atomic mass is 10.2. The first-order valence-electron chi connectivity index (χ1n) is 10.3. The van der Waals surface area contributed by atoms with Crippen LogP contribution in [0.2, 0.25) is 0 Å². The summed E-state index contributed by atoms with van der Waals surface area (Å²) >= 11 is 0. The van der Waals surface area contributed by atoms with Crippen molar-refractivity contribution in [3.8, 4) is 0 Å². The maximum Gasteiger partial charge on any atom is 0.425 e. The lowest BCUT2D eigenvalue weighted by molar-refractivity contribution is 0.0264. The van der Waals surface area contributed by atoms with Crippen LogP contribution in [0.15, 0.2) is 31.2 Å². The Morgan fingerprint density at radius 3 is 2.26 bits per heavy atom. The number of hydrogen-bond donors (Lipinski definition) is 0. The van der Waals surface area contributed by atoms with Crippen LogP contribution >= 0.6 is 0 Å². The summed E-state index contributed by atoms with van der Waals surface area (Å²) in [4.78, 5) is 35.3. The number of ether oxygens (including phenoxy) is 3. The summed E-state index contributed by atoms with van der Waals surface area (Å²) in [6, 6.07) is 1.75. The van der Waals surface area contributed by atoms with Gasteiger partial charge >= 0.3 is 12.2 Å². The van der Waals surface area contributed by atoms with Gasteiger partial charge < -0.3 is 18.8 Å². The van der Waals surface area contributed by atoms with Crippen LogP contribution in [-0.2, 0) is 14.2 Å². The number of carbonyl (C=O) groups excluding carboxylic acids is 2. The molecule has 0 saturated carbocycles. The van der Waals surface area contributed by atoms with E-state index in [0.717, 1.165) is 17.7 Å². The zero-order valence-corrected chi connectivity index (χ0v) is 18.9. The van der Waals surface area contributed by atoms with Crippen molar-refractivity contribution in [1.29, 1.82) is 0 Å². The normalized spacial score (nSPS) is 19.3. The van der Waals surface area contributed by atoms with E-state index < -0.39 is 23.4 Å². The summed E-state index contributed by atoms with van der Waals surface area (Å²) in [5.74, 6) is 0.0884. The van der Waals surface area contributed by atoms with Gasteiger partial charge in [0.25, 0.3) is 0 Å². The third kappa shape index (κ3) is 5.22. The molecule has 0 unspecified atom stereocenters. The van der Waals surface area contributed by atoms with Crippen molar-refractivity contribution in [3.63, 3.8) is 0 Å². The van der Waals surface area contributed by atoms with Crippen LogP contribution < -0.4 is 4.90 Å². The number of rotatable bonds is 3.